The van der Waals surface area contributed by atoms with Crippen molar-refractivity contribution < 1.29 is 19.0 Å². The van der Waals surface area contributed by atoms with Crippen LogP contribution in [0.4, 0.5) is 4.39 Å². The molecule has 0 spiro atoms. The van der Waals surface area contributed by atoms with Gasteiger partial charge < -0.3 is 14.7 Å². The van der Waals surface area contributed by atoms with E-state index in [4.69, 9.17) is 4.74 Å². The van der Waals surface area contributed by atoms with Crippen molar-refractivity contribution in [1.82, 2.24) is 19.9 Å². The van der Waals surface area contributed by atoms with Crippen molar-refractivity contribution in [3.8, 4) is 0 Å². The van der Waals surface area contributed by atoms with Crippen LogP contribution >= 0.6 is 0 Å². The zero-order valence-corrected chi connectivity index (χ0v) is 21.4. The number of halogens is 1. The Morgan fingerprint density at radius 3 is 2.67 bits per heavy atom. The maximum atomic E-state index is 14.5. The summed E-state index contributed by atoms with van der Waals surface area (Å²) in [4.78, 5) is 19.9. The highest BCUT2D eigenvalue weighted by Gasteiger charge is 2.44. The highest BCUT2D eigenvalue weighted by atomic mass is 19.1. The molecular weight excluding hydrogens is 495 g/mol. The molecule has 7 nitrogen and oxygen atoms in total. The second-order valence-electron chi connectivity index (χ2n) is 9.72. The van der Waals surface area contributed by atoms with Crippen LogP contribution in [0.1, 0.15) is 34.8 Å². The minimum Gasteiger partial charge on any atom is -0.488 e. The summed E-state index contributed by atoms with van der Waals surface area (Å²) in [5.41, 5.74) is 3.77. The lowest BCUT2D eigenvalue weighted by Crippen LogP contribution is -2.58. The minimum absolute atomic E-state index is 0.180. The summed E-state index contributed by atoms with van der Waals surface area (Å²) in [7, 11) is 0. The summed E-state index contributed by atoms with van der Waals surface area (Å²) in [5, 5.41) is 14.7. The Kier molecular flexibility index (Phi) is 6.96. The van der Waals surface area contributed by atoms with Crippen LogP contribution in [0.2, 0.25) is 0 Å². The van der Waals surface area contributed by atoms with Crippen molar-refractivity contribution in [1.29, 1.82) is 0 Å². The molecule has 3 atom stereocenters. The number of aliphatic hydroxyl groups is 1. The summed E-state index contributed by atoms with van der Waals surface area (Å²) in [6, 6.07) is 22.0. The van der Waals surface area contributed by atoms with Gasteiger partial charge in [0.15, 0.2) is 11.5 Å². The molecule has 0 saturated carbocycles. The molecule has 3 aliphatic rings. The number of aryl methyl sites for hydroxylation is 1. The third kappa shape index (κ3) is 4.96. The number of pyridine rings is 1. The van der Waals surface area contributed by atoms with Crippen molar-refractivity contribution in [3.05, 3.63) is 137 Å². The van der Waals surface area contributed by atoms with E-state index >= 15 is 0 Å². The molecule has 1 aromatic heterocycles. The average Bonchev–Trinajstić information content (AvgIpc) is 2.98. The Morgan fingerprint density at radius 2 is 1.82 bits per heavy atom. The van der Waals surface area contributed by atoms with E-state index in [1.807, 2.05) is 65.7 Å². The fourth-order valence-corrected chi connectivity index (χ4v) is 5.32. The lowest BCUT2D eigenvalue weighted by molar-refractivity contribution is -0.149. The summed E-state index contributed by atoms with van der Waals surface area (Å²) in [6.45, 7) is 0.817. The Labute approximate surface area is 226 Å². The van der Waals surface area contributed by atoms with E-state index in [-0.39, 0.29) is 30.6 Å². The van der Waals surface area contributed by atoms with E-state index in [1.54, 1.807) is 28.3 Å². The highest BCUT2D eigenvalue weighted by Crippen LogP contribution is 2.39. The van der Waals surface area contributed by atoms with Crippen molar-refractivity contribution >= 4 is 5.91 Å². The zero-order chi connectivity index (χ0) is 26.8. The topological polar surface area (TPSA) is 69.1 Å². The number of amides is 1. The standard InChI is InChI=1S/C31H29FN4O3/c32-27-16-9-15-25(33-27)28-24-14-7-6-13-23(24)12-5-2-8-18-34-21-36(28)35-19-17-26(37)30(29(35)31(34)38)39-20-22-10-3-1-4-11-22/h1-4,6-11,13-17,19,26,28,37H,5,12,18,20-21H2/b8-2+/t26?,28-/m0/s1. The Hall–Kier alpha value is -4.27. The van der Waals surface area contributed by atoms with E-state index < -0.39 is 18.1 Å². The van der Waals surface area contributed by atoms with E-state index in [0.717, 1.165) is 29.5 Å². The number of carbonyl (C=O) groups excluding carboxylic acids is 1. The molecule has 2 bridgehead atoms. The maximum absolute atomic E-state index is 14.5. The second-order valence-corrected chi connectivity index (χ2v) is 9.72. The zero-order valence-electron chi connectivity index (χ0n) is 21.4. The molecule has 39 heavy (non-hydrogen) atoms. The highest BCUT2D eigenvalue weighted by molar-refractivity contribution is 5.94. The average molecular weight is 525 g/mol. The largest absolute Gasteiger partial charge is 0.488 e. The summed E-state index contributed by atoms with van der Waals surface area (Å²) in [6.07, 6.45) is 7.87. The fraction of sp³-hybridized carbons (Fsp3) is 0.226. The van der Waals surface area contributed by atoms with Gasteiger partial charge in [0.05, 0.1) is 18.4 Å². The number of hydrogen-bond acceptors (Lipinski definition) is 6. The number of ether oxygens (including phenoxy) is 1. The van der Waals surface area contributed by atoms with Gasteiger partial charge in [-0.15, -0.1) is 0 Å². The number of aliphatic hydroxyl groups excluding tert-OH is 1. The normalized spacial score (nSPS) is 23.5. The monoisotopic (exact) mass is 524 g/mol. The van der Waals surface area contributed by atoms with Crippen LogP contribution in [0.25, 0.3) is 0 Å². The van der Waals surface area contributed by atoms with Gasteiger partial charge in [-0.05, 0) is 47.7 Å². The first-order chi connectivity index (χ1) is 19.1. The number of carbonyl (C=O) groups is 1. The molecule has 1 saturated heterocycles. The van der Waals surface area contributed by atoms with Crippen LogP contribution in [-0.2, 0) is 22.6 Å². The summed E-state index contributed by atoms with van der Waals surface area (Å²) in [5.74, 6) is -0.641. The lowest BCUT2D eigenvalue weighted by atomic mass is 9.94. The van der Waals surface area contributed by atoms with Crippen molar-refractivity contribution in [2.75, 3.05) is 13.2 Å². The molecule has 1 amide bonds. The molecule has 1 fully saturated rings. The third-order valence-electron chi connectivity index (χ3n) is 7.20. The van der Waals surface area contributed by atoms with Crippen molar-refractivity contribution in [2.24, 2.45) is 0 Å². The number of fused-ring (bicyclic) bond motifs is 5. The van der Waals surface area contributed by atoms with Crippen LogP contribution in [0.3, 0.4) is 0 Å². The predicted molar refractivity (Wildman–Crippen MR) is 144 cm³/mol. The van der Waals surface area contributed by atoms with Crippen LogP contribution < -0.4 is 0 Å². The van der Waals surface area contributed by atoms with E-state index in [2.05, 4.69) is 17.1 Å². The van der Waals surface area contributed by atoms with Gasteiger partial charge in [-0.1, -0.05) is 72.8 Å². The molecule has 3 aromatic rings. The van der Waals surface area contributed by atoms with Gasteiger partial charge in [-0.2, -0.15) is 9.40 Å². The van der Waals surface area contributed by atoms with Crippen LogP contribution in [0.15, 0.2) is 109 Å². The molecular formula is C31H29FN4O3. The molecule has 0 radical (unpaired) electrons. The van der Waals surface area contributed by atoms with Gasteiger partial charge in [-0.25, -0.2) is 4.98 Å². The van der Waals surface area contributed by atoms with Crippen molar-refractivity contribution in [3.63, 3.8) is 0 Å². The fourth-order valence-electron chi connectivity index (χ4n) is 5.32. The number of aromatic nitrogens is 1. The van der Waals surface area contributed by atoms with Gasteiger partial charge in [0.1, 0.15) is 12.7 Å². The van der Waals surface area contributed by atoms with Crippen LogP contribution in [0, 0.1) is 5.95 Å². The minimum atomic E-state index is -1.09. The quantitative estimate of drug-likeness (QED) is 0.402. The molecule has 4 heterocycles. The SMILES string of the molecule is O=C1C2=C(OCc3ccccc3)C(O)C=CN2N2CN1C/C=C/CCc1ccccc1[C@H]2c1cccc(F)n1. The summed E-state index contributed by atoms with van der Waals surface area (Å²) < 4.78 is 20.6. The number of hydrazine groups is 1. The van der Waals surface area contributed by atoms with Gasteiger partial charge >= 0.3 is 0 Å². The molecule has 2 aromatic carbocycles. The first-order valence-electron chi connectivity index (χ1n) is 13.1. The van der Waals surface area contributed by atoms with Crippen LogP contribution in [0.5, 0.6) is 0 Å². The number of rotatable bonds is 4. The van der Waals surface area contributed by atoms with Gasteiger partial charge in [0.2, 0.25) is 5.95 Å². The van der Waals surface area contributed by atoms with E-state index in [9.17, 15) is 14.3 Å². The number of nitrogens with zero attached hydrogens (tertiary/aromatic N) is 4. The van der Waals surface area contributed by atoms with E-state index in [1.165, 1.54) is 6.07 Å². The molecule has 3 aliphatic heterocycles. The molecule has 8 heteroatoms. The maximum Gasteiger partial charge on any atom is 0.276 e. The second kappa shape index (κ2) is 10.8. The molecule has 2 unspecified atom stereocenters. The molecule has 198 valence electrons. The van der Waals surface area contributed by atoms with E-state index in [0.29, 0.717) is 12.2 Å². The Bertz CT molecular complexity index is 1450. The lowest BCUT2D eigenvalue weighted by Gasteiger charge is -2.49. The Morgan fingerprint density at radius 1 is 1.00 bits per heavy atom. The predicted octanol–water partition coefficient (Wildman–Crippen LogP) is 4.45. The smallest absolute Gasteiger partial charge is 0.276 e. The van der Waals surface area contributed by atoms with Gasteiger partial charge in [0, 0.05) is 12.7 Å². The van der Waals surface area contributed by atoms with Gasteiger partial charge in [0.25, 0.3) is 5.91 Å². The number of hydrogen-bond donors (Lipinski definition) is 1. The summed E-state index contributed by atoms with van der Waals surface area (Å²) >= 11 is 0. The number of benzene rings is 2. The number of allylic oxidation sites excluding steroid dienone is 1. The first kappa shape index (κ1) is 25.0. The van der Waals surface area contributed by atoms with Gasteiger partial charge in [-0.3, -0.25) is 9.80 Å². The molecule has 6 rings (SSSR count). The first-order valence-corrected chi connectivity index (χ1v) is 13.1. The third-order valence-corrected chi connectivity index (χ3v) is 7.20. The molecule has 1 N–H and O–H groups in total. The molecule has 0 aliphatic carbocycles. The van der Waals surface area contributed by atoms with Crippen LogP contribution in [-0.4, -0.2) is 50.2 Å². The Balaban J connectivity index is 1.50. The van der Waals surface area contributed by atoms with Crippen molar-refractivity contribution in [2.45, 2.75) is 31.6 Å².